The van der Waals surface area contributed by atoms with Gasteiger partial charge in [-0.25, -0.2) is 4.98 Å². The molecule has 2 aromatic rings. The van der Waals surface area contributed by atoms with E-state index < -0.39 is 24.5 Å². The maximum absolute atomic E-state index is 10.0. The summed E-state index contributed by atoms with van der Waals surface area (Å²) in [4.78, 5) is 4.16. The maximum atomic E-state index is 10.0. The zero-order chi connectivity index (χ0) is 13.6. The van der Waals surface area contributed by atoms with Crippen LogP contribution in [-0.4, -0.2) is 49.8 Å². The first kappa shape index (κ1) is 12.8. The third-order valence-corrected chi connectivity index (χ3v) is 3.59. The Bertz CT molecular complexity index is 602. The molecule has 1 aliphatic rings. The van der Waals surface area contributed by atoms with E-state index in [1.165, 1.54) is 4.57 Å². The lowest BCUT2D eigenvalue weighted by Crippen LogP contribution is -2.33. The van der Waals surface area contributed by atoms with E-state index in [0.29, 0.717) is 11.0 Å². The van der Waals surface area contributed by atoms with Crippen molar-refractivity contribution in [3.05, 3.63) is 29.5 Å². The van der Waals surface area contributed by atoms with Crippen LogP contribution in [-0.2, 0) is 4.74 Å². The van der Waals surface area contributed by atoms with Crippen LogP contribution in [0.3, 0.4) is 0 Å². The van der Waals surface area contributed by atoms with Gasteiger partial charge in [0.15, 0.2) is 6.23 Å². The summed E-state index contributed by atoms with van der Waals surface area (Å²) in [6.45, 7) is -0.376. The number of rotatable bonds is 2. The van der Waals surface area contributed by atoms with Crippen molar-refractivity contribution in [2.75, 3.05) is 6.61 Å². The van der Waals surface area contributed by atoms with Crippen molar-refractivity contribution in [2.24, 2.45) is 0 Å². The summed E-state index contributed by atoms with van der Waals surface area (Å²) in [7, 11) is 0. The standard InChI is InChI=1S/C12H13ClN2O4/c13-12-14-6-3-1-2-4-7(6)15(12)11-10(18)9(17)8(5-16)19-11/h1-4,8-11,16-18H,5H2/t8-,9+,10-,11-/m0/s1. The summed E-state index contributed by atoms with van der Waals surface area (Å²) in [5.74, 6) is 0. The van der Waals surface area contributed by atoms with Gasteiger partial charge in [-0.05, 0) is 23.7 Å². The second-order valence-electron chi connectivity index (χ2n) is 4.47. The molecule has 1 aromatic carbocycles. The number of nitrogens with zero attached hydrogens (tertiary/aromatic N) is 2. The molecule has 0 saturated carbocycles. The Labute approximate surface area is 113 Å². The molecule has 3 N–H and O–H groups in total. The molecule has 2 heterocycles. The minimum atomic E-state index is -1.17. The van der Waals surface area contributed by atoms with Gasteiger partial charge in [0, 0.05) is 0 Å². The van der Waals surface area contributed by atoms with Gasteiger partial charge in [0.2, 0.25) is 5.28 Å². The molecule has 19 heavy (non-hydrogen) atoms. The second kappa shape index (κ2) is 4.73. The quantitative estimate of drug-likeness (QED) is 0.738. The number of imidazole rings is 1. The Kier molecular flexibility index (Phi) is 3.20. The monoisotopic (exact) mass is 284 g/mol. The predicted octanol–water partition coefficient (Wildman–Crippen LogP) is 0.301. The van der Waals surface area contributed by atoms with Crippen molar-refractivity contribution in [1.29, 1.82) is 0 Å². The topological polar surface area (TPSA) is 87.7 Å². The average molecular weight is 285 g/mol. The van der Waals surface area contributed by atoms with E-state index in [0.717, 1.165) is 0 Å². The van der Waals surface area contributed by atoms with Crippen LogP contribution in [0.2, 0.25) is 5.28 Å². The zero-order valence-corrected chi connectivity index (χ0v) is 10.6. The van der Waals surface area contributed by atoms with Crippen LogP contribution >= 0.6 is 11.6 Å². The van der Waals surface area contributed by atoms with Gasteiger partial charge in [-0.3, -0.25) is 4.57 Å². The normalized spacial score (nSPS) is 31.2. The minimum Gasteiger partial charge on any atom is -0.394 e. The number of halogens is 1. The lowest BCUT2D eigenvalue weighted by Gasteiger charge is -2.18. The van der Waals surface area contributed by atoms with Crippen LogP contribution < -0.4 is 0 Å². The summed E-state index contributed by atoms with van der Waals surface area (Å²) in [6.07, 6.45) is -4.04. The molecule has 6 nitrogen and oxygen atoms in total. The van der Waals surface area contributed by atoms with Crippen molar-refractivity contribution >= 4 is 22.6 Å². The summed E-state index contributed by atoms with van der Waals surface area (Å²) >= 11 is 6.07. The number of aromatic nitrogens is 2. The van der Waals surface area contributed by atoms with Gasteiger partial charge in [-0.1, -0.05) is 12.1 Å². The summed E-state index contributed by atoms with van der Waals surface area (Å²) in [6, 6.07) is 7.23. The highest BCUT2D eigenvalue weighted by molar-refractivity contribution is 6.29. The predicted molar refractivity (Wildman–Crippen MR) is 67.8 cm³/mol. The first-order valence-corrected chi connectivity index (χ1v) is 6.26. The molecule has 0 amide bonds. The van der Waals surface area contributed by atoms with Gasteiger partial charge >= 0.3 is 0 Å². The molecule has 7 heteroatoms. The van der Waals surface area contributed by atoms with Crippen molar-refractivity contribution < 1.29 is 20.1 Å². The van der Waals surface area contributed by atoms with Gasteiger partial charge in [-0.2, -0.15) is 0 Å². The Hall–Kier alpha value is -1.18. The van der Waals surface area contributed by atoms with E-state index >= 15 is 0 Å². The Morgan fingerprint density at radius 3 is 2.68 bits per heavy atom. The fraction of sp³-hybridized carbons (Fsp3) is 0.417. The molecule has 0 aliphatic carbocycles. The third kappa shape index (κ3) is 1.92. The first-order valence-electron chi connectivity index (χ1n) is 5.88. The van der Waals surface area contributed by atoms with Crippen LogP contribution in [0.25, 0.3) is 11.0 Å². The SMILES string of the molecule is OC[C@@H]1O[C@H](n2c(Cl)nc3ccccc32)[C@@H](O)[C@@H]1O. The summed E-state index contributed by atoms with van der Waals surface area (Å²) < 4.78 is 6.97. The van der Waals surface area contributed by atoms with Crippen molar-refractivity contribution in [3.63, 3.8) is 0 Å². The van der Waals surface area contributed by atoms with Crippen molar-refractivity contribution in [1.82, 2.24) is 9.55 Å². The molecule has 0 spiro atoms. The molecular formula is C12H13ClN2O4. The van der Waals surface area contributed by atoms with Gasteiger partial charge < -0.3 is 20.1 Å². The number of aliphatic hydroxyl groups excluding tert-OH is 3. The van der Waals surface area contributed by atoms with Crippen LogP contribution in [0.4, 0.5) is 0 Å². The number of aliphatic hydroxyl groups is 3. The minimum absolute atomic E-state index is 0.163. The number of hydrogen-bond donors (Lipinski definition) is 3. The lowest BCUT2D eigenvalue weighted by molar-refractivity contribution is -0.0507. The van der Waals surface area contributed by atoms with Crippen LogP contribution in [0.15, 0.2) is 24.3 Å². The Morgan fingerprint density at radius 2 is 2.00 bits per heavy atom. The van der Waals surface area contributed by atoms with Gasteiger partial charge in [-0.15, -0.1) is 0 Å². The highest BCUT2D eigenvalue weighted by atomic mass is 35.5. The molecule has 1 fully saturated rings. The number of para-hydroxylation sites is 2. The summed E-state index contributed by atoms with van der Waals surface area (Å²) in [5.41, 5.74) is 1.37. The number of benzene rings is 1. The van der Waals surface area contributed by atoms with Crippen molar-refractivity contribution in [2.45, 2.75) is 24.5 Å². The number of fused-ring (bicyclic) bond motifs is 1. The fourth-order valence-electron chi connectivity index (χ4n) is 2.35. The van der Waals surface area contributed by atoms with E-state index in [4.69, 9.17) is 21.4 Å². The van der Waals surface area contributed by atoms with E-state index in [2.05, 4.69) is 4.98 Å². The van der Waals surface area contributed by atoms with Crippen LogP contribution in [0.1, 0.15) is 6.23 Å². The Morgan fingerprint density at radius 1 is 1.26 bits per heavy atom. The van der Waals surface area contributed by atoms with E-state index in [1.54, 1.807) is 12.1 Å². The largest absolute Gasteiger partial charge is 0.394 e. The van der Waals surface area contributed by atoms with E-state index in [1.807, 2.05) is 12.1 Å². The molecule has 3 rings (SSSR count). The molecule has 0 unspecified atom stereocenters. The molecule has 1 saturated heterocycles. The van der Waals surface area contributed by atoms with Gasteiger partial charge in [0.25, 0.3) is 0 Å². The first-order chi connectivity index (χ1) is 9.13. The number of ether oxygens (including phenoxy) is 1. The molecule has 0 radical (unpaired) electrons. The molecule has 1 aromatic heterocycles. The molecule has 0 bridgehead atoms. The van der Waals surface area contributed by atoms with Crippen LogP contribution in [0.5, 0.6) is 0 Å². The molecule has 1 aliphatic heterocycles. The summed E-state index contributed by atoms with van der Waals surface area (Å²) in [5, 5.41) is 29.1. The van der Waals surface area contributed by atoms with Gasteiger partial charge in [0.1, 0.15) is 18.3 Å². The van der Waals surface area contributed by atoms with Crippen molar-refractivity contribution in [3.8, 4) is 0 Å². The average Bonchev–Trinajstić information content (AvgIpc) is 2.88. The molecular weight excluding hydrogens is 272 g/mol. The smallest absolute Gasteiger partial charge is 0.205 e. The van der Waals surface area contributed by atoms with Gasteiger partial charge in [0.05, 0.1) is 17.6 Å². The highest BCUT2D eigenvalue weighted by Gasteiger charge is 2.44. The third-order valence-electron chi connectivity index (χ3n) is 3.32. The number of hydrogen-bond acceptors (Lipinski definition) is 5. The highest BCUT2D eigenvalue weighted by Crippen LogP contribution is 2.34. The maximum Gasteiger partial charge on any atom is 0.205 e. The Balaban J connectivity index is 2.07. The van der Waals surface area contributed by atoms with Crippen LogP contribution in [0, 0.1) is 0 Å². The molecule has 102 valence electrons. The second-order valence-corrected chi connectivity index (χ2v) is 4.81. The fourth-order valence-corrected chi connectivity index (χ4v) is 2.63. The lowest BCUT2D eigenvalue weighted by atomic mass is 10.1. The van der Waals surface area contributed by atoms with E-state index in [9.17, 15) is 10.2 Å². The molecule has 4 atom stereocenters. The van der Waals surface area contributed by atoms with E-state index in [-0.39, 0.29) is 11.9 Å². The zero-order valence-electron chi connectivity index (χ0n) is 9.85.